The van der Waals surface area contributed by atoms with Crippen molar-refractivity contribution < 1.29 is 26.3 Å². The molecule has 0 aliphatic carbocycles. The molecule has 0 amide bonds. The summed E-state index contributed by atoms with van der Waals surface area (Å²) in [7, 11) is 0. The van der Waals surface area contributed by atoms with Gasteiger partial charge >= 0.3 is 12.4 Å². The lowest BCUT2D eigenvalue weighted by atomic mass is 9.88. The van der Waals surface area contributed by atoms with Gasteiger partial charge in [0.05, 0.1) is 17.2 Å². The highest BCUT2D eigenvalue weighted by Crippen LogP contribution is 2.42. The van der Waals surface area contributed by atoms with Gasteiger partial charge in [0.1, 0.15) is 6.04 Å². The summed E-state index contributed by atoms with van der Waals surface area (Å²) in [4.78, 5) is 0.825. The van der Waals surface area contributed by atoms with E-state index in [9.17, 15) is 26.3 Å². The summed E-state index contributed by atoms with van der Waals surface area (Å²) in [5.41, 5.74) is -1.92. The fraction of sp³-hybridized carbons (Fsp3) is 0.350. The molecule has 0 bridgehead atoms. The van der Waals surface area contributed by atoms with Gasteiger partial charge in [-0.2, -0.15) is 31.6 Å². The Labute approximate surface area is 178 Å². The first-order valence-corrected chi connectivity index (χ1v) is 10.2. The fourth-order valence-electron chi connectivity index (χ4n) is 3.50. The first-order chi connectivity index (χ1) is 14.0. The second-order valence-corrected chi connectivity index (χ2v) is 8.43. The van der Waals surface area contributed by atoms with Crippen LogP contribution in [0, 0.1) is 11.3 Å². The van der Waals surface area contributed by atoms with Crippen molar-refractivity contribution in [2.24, 2.45) is 0 Å². The quantitative estimate of drug-likeness (QED) is 0.420. The minimum atomic E-state index is -4.83. The molecule has 1 N–H and O–H groups in total. The predicted molar refractivity (Wildman–Crippen MR) is 102 cm³/mol. The SMILES string of the molecule is N#Cc1ccc(C2C[C@@H](CSc3ccc(Cl)cc3)N[C@H]2C(F)(F)F)cc1C(F)(F)F. The molecule has 30 heavy (non-hydrogen) atoms. The van der Waals surface area contributed by atoms with Crippen LogP contribution in [0.2, 0.25) is 5.02 Å². The van der Waals surface area contributed by atoms with Crippen LogP contribution < -0.4 is 5.32 Å². The minimum Gasteiger partial charge on any atom is -0.302 e. The number of hydrogen-bond acceptors (Lipinski definition) is 3. The van der Waals surface area contributed by atoms with E-state index < -0.39 is 41.5 Å². The molecule has 0 aromatic heterocycles. The predicted octanol–water partition coefficient (Wildman–Crippen LogP) is 6.40. The van der Waals surface area contributed by atoms with Gasteiger partial charge < -0.3 is 5.32 Å². The van der Waals surface area contributed by atoms with E-state index in [1.165, 1.54) is 23.9 Å². The number of nitrogens with one attached hydrogen (secondary N) is 1. The van der Waals surface area contributed by atoms with E-state index in [-0.39, 0.29) is 12.0 Å². The highest BCUT2D eigenvalue weighted by Gasteiger charge is 2.50. The number of hydrogen-bond donors (Lipinski definition) is 1. The van der Waals surface area contributed by atoms with Gasteiger partial charge in [-0.1, -0.05) is 17.7 Å². The molecule has 0 saturated carbocycles. The van der Waals surface area contributed by atoms with E-state index in [2.05, 4.69) is 5.32 Å². The summed E-state index contributed by atoms with van der Waals surface area (Å²) in [5, 5.41) is 12.0. The highest BCUT2D eigenvalue weighted by atomic mass is 35.5. The Hall–Kier alpha value is -1.89. The third kappa shape index (κ3) is 5.23. The van der Waals surface area contributed by atoms with Gasteiger partial charge in [0.25, 0.3) is 0 Å². The molecule has 0 radical (unpaired) electrons. The maximum Gasteiger partial charge on any atom is 0.417 e. The molecule has 1 aliphatic rings. The lowest BCUT2D eigenvalue weighted by molar-refractivity contribution is -0.155. The minimum absolute atomic E-state index is 0.0218. The van der Waals surface area contributed by atoms with Gasteiger partial charge in [0.15, 0.2) is 0 Å². The third-order valence-corrected chi connectivity index (χ3v) is 6.30. The normalized spacial score (nSPS) is 22.1. The number of halogens is 7. The van der Waals surface area contributed by atoms with Crippen LogP contribution in [0.4, 0.5) is 26.3 Å². The number of alkyl halides is 6. The summed E-state index contributed by atoms with van der Waals surface area (Å²) in [5.74, 6) is -0.873. The standard InChI is InChI=1S/C20H15ClF6N2S/c21-13-3-5-15(6-4-13)30-10-14-8-16(18(29-14)20(25,26)27)11-1-2-12(9-28)17(7-11)19(22,23)24/h1-7,14,16,18,29H,8,10H2/t14-,16?,18+/m0/s1. The van der Waals surface area contributed by atoms with Crippen LogP contribution in [0.3, 0.4) is 0 Å². The molecule has 1 saturated heterocycles. The van der Waals surface area contributed by atoms with Crippen LogP contribution in [0.15, 0.2) is 47.4 Å². The van der Waals surface area contributed by atoms with Crippen LogP contribution in [-0.2, 0) is 6.18 Å². The molecule has 1 aliphatic heterocycles. The van der Waals surface area contributed by atoms with Crippen molar-refractivity contribution in [3.63, 3.8) is 0 Å². The average molecular weight is 465 g/mol. The Balaban J connectivity index is 1.84. The van der Waals surface area contributed by atoms with Gasteiger partial charge in [-0.25, -0.2) is 0 Å². The maximum absolute atomic E-state index is 13.6. The third-order valence-electron chi connectivity index (χ3n) is 4.87. The van der Waals surface area contributed by atoms with Crippen molar-refractivity contribution in [3.8, 4) is 6.07 Å². The zero-order valence-electron chi connectivity index (χ0n) is 15.2. The number of benzene rings is 2. The Kier molecular flexibility index (Phi) is 6.60. The zero-order chi connectivity index (χ0) is 22.1. The Morgan fingerprint density at radius 2 is 1.73 bits per heavy atom. The van der Waals surface area contributed by atoms with Crippen molar-refractivity contribution in [1.29, 1.82) is 5.26 Å². The second kappa shape index (κ2) is 8.69. The van der Waals surface area contributed by atoms with E-state index in [1.54, 1.807) is 24.3 Å². The van der Waals surface area contributed by atoms with Crippen LogP contribution >= 0.6 is 23.4 Å². The first kappa shape index (κ1) is 22.8. The Morgan fingerprint density at radius 3 is 2.30 bits per heavy atom. The van der Waals surface area contributed by atoms with Gasteiger partial charge in [-0.15, -0.1) is 11.8 Å². The number of thioether (sulfide) groups is 1. The number of nitriles is 1. The lowest BCUT2D eigenvalue weighted by Gasteiger charge is -2.23. The summed E-state index contributed by atoms with van der Waals surface area (Å²) in [6.45, 7) is 0. The molecule has 1 fully saturated rings. The van der Waals surface area contributed by atoms with E-state index in [4.69, 9.17) is 16.9 Å². The molecule has 3 rings (SSSR count). The van der Waals surface area contributed by atoms with Crippen LogP contribution in [-0.4, -0.2) is 24.0 Å². The van der Waals surface area contributed by atoms with E-state index in [1.807, 2.05) is 0 Å². The smallest absolute Gasteiger partial charge is 0.302 e. The molecular formula is C20H15ClF6N2S. The van der Waals surface area contributed by atoms with Gasteiger partial charge in [0.2, 0.25) is 0 Å². The maximum atomic E-state index is 13.6. The molecule has 2 aromatic carbocycles. The Morgan fingerprint density at radius 1 is 1.07 bits per heavy atom. The van der Waals surface area contributed by atoms with Gasteiger partial charge in [-0.3, -0.25) is 0 Å². The largest absolute Gasteiger partial charge is 0.417 e. The van der Waals surface area contributed by atoms with Gasteiger partial charge in [0, 0.05) is 27.6 Å². The molecule has 2 aromatic rings. The molecule has 2 nitrogen and oxygen atoms in total. The van der Waals surface area contributed by atoms with Gasteiger partial charge in [-0.05, 0) is 48.4 Å². The highest BCUT2D eigenvalue weighted by molar-refractivity contribution is 7.99. The molecule has 10 heteroatoms. The van der Waals surface area contributed by atoms with Crippen molar-refractivity contribution in [1.82, 2.24) is 5.32 Å². The first-order valence-electron chi connectivity index (χ1n) is 8.81. The van der Waals surface area contributed by atoms with Crippen LogP contribution in [0.1, 0.15) is 29.0 Å². The van der Waals surface area contributed by atoms with E-state index >= 15 is 0 Å². The molecule has 1 unspecified atom stereocenters. The van der Waals surface area contributed by atoms with Crippen LogP contribution in [0.25, 0.3) is 0 Å². The molecule has 1 heterocycles. The van der Waals surface area contributed by atoms with Crippen LogP contribution in [0.5, 0.6) is 0 Å². The van der Waals surface area contributed by atoms with Crippen molar-refractivity contribution in [3.05, 3.63) is 64.2 Å². The topological polar surface area (TPSA) is 35.8 Å². The number of rotatable bonds is 4. The van der Waals surface area contributed by atoms with Crippen molar-refractivity contribution >= 4 is 23.4 Å². The molecule has 160 valence electrons. The molecule has 3 atom stereocenters. The second-order valence-electron chi connectivity index (χ2n) is 6.90. The van der Waals surface area contributed by atoms with Crippen molar-refractivity contribution in [2.45, 2.75) is 41.7 Å². The van der Waals surface area contributed by atoms with E-state index in [0.717, 1.165) is 11.0 Å². The number of nitrogens with zero attached hydrogens (tertiary/aromatic N) is 1. The summed E-state index contributed by atoms with van der Waals surface area (Å²) >= 11 is 7.15. The molecule has 0 spiro atoms. The Bertz CT molecular complexity index is 936. The summed E-state index contributed by atoms with van der Waals surface area (Å²) in [6.07, 6.45) is -9.44. The summed E-state index contributed by atoms with van der Waals surface area (Å²) in [6, 6.07) is 8.53. The van der Waals surface area contributed by atoms with Crippen molar-refractivity contribution in [2.75, 3.05) is 5.75 Å². The average Bonchev–Trinajstić information content (AvgIpc) is 3.11. The zero-order valence-corrected chi connectivity index (χ0v) is 16.8. The summed E-state index contributed by atoms with van der Waals surface area (Å²) < 4.78 is 80.5. The molecular weight excluding hydrogens is 450 g/mol. The fourth-order valence-corrected chi connectivity index (χ4v) is 4.58. The monoisotopic (exact) mass is 464 g/mol. The van der Waals surface area contributed by atoms with E-state index in [0.29, 0.717) is 16.8 Å². The lowest BCUT2D eigenvalue weighted by Crippen LogP contribution is -2.43.